The highest BCUT2D eigenvalue weighted by Gasteiger charge is 2.63. The van der Waals surface area contributed by atoms with Gasteiger partial charge in [0.25, 0.3) is 0 Å². The fourth-order valence-corrected chi connectivity index (χ4v) is 6.76. The number of carbonyl (C=O) groups excluding carboxylic acids is 1. The van der Waals surface area contributed by atoms with Gasteiger partial charge in [-0.1, -0.05) is 42.8 Å². The van der Waals surface area contributed by atoms with Gasteiger partial charge in [0.1, 0.15) is 0 Å². The number of hydrogen-bond acceptors (Lipinski definition) is 4. The first-order valence-corrected chi connectivity index (χ1v) is 10.1. The van der Waals surface area contributed by atoms with Crippen molar-refractivity contribution in [2.24, 2.45) is 11.8 Å². The molecule has 0 aliphatic heterocycles. The second kappa shape index (κ2) is 6.45. The summed E-state index contributed by atoms with van der Waals surface area (Å²) < 4.78 is 30.8. The van der Waals surface area contributed by atoms with E-state index in [1.165, 1.54) is 7.11 Å². The highest BCUT2D eigenvalue weighted by atomic mass is 32.2. The third-order valence-electron chi connectivity index (χ3n) is 5.58. The van der Waals surface area contributed by atoms with Gasteiger partial charge in [0.2, 0.25) is 0 Å². The minimum atomic E-state index is -3.91. The third kappa shape index (κ3) is 2.56. The van der Waals surface area contributed by atoms with E-state index in [0.717, 1.165) is 24.0 Å². The summed E-state index contributed by atoms with van der Waals surface area (Å²) in [4.78, 5) is 13.1. The Morgan fingerprint density at radius 2 is 1.92 bits per heavy atom. The number of fused-ring (bicyclic) bond motifs is 1. The topological polar surface area (TPSA) is 60.4 Å². The monoisotopic (exact) mass is 360 g/mol. The summed E-state index contributed by atoms with van der Waals surface area (Å²) >= 11 is 0. The average molecular weight is 360 g/mol. The molecule has 0 unspecified atom stereocenters. The number of ether oxygens (including phenoxy) is 1. The molecule has 2 aliphatic rings. The maximum absolute atomic E-state index is 13.7. The van der Waals surface area contributed by atoms with E-state index in [2.05, 4.69) is 6.08 Å². The Morgan fingerprint density at radius 1 is 1.24 bits per heavy atom. The first kappa shape index (κ1) is 17.9. The molecule has 3 atom stereocenters. The van der Waals surface area contributed by atoms with Crippen molar-refractivity contribution in [3.05, 3.63) is 53.6 Å². The van der Waals surface area contributed by atoms with Crippen molar-refractivity contribution in [3.8, 4) is 0 Å². The Balaban J connectivity index is 2.26. The number of allylic oxidation sites excluding steroid dienone is 4. The summed E-state index contributed by atoms with van der Waals surface area (Å²) in [5.41, 5.74) is 1.94. The average Bonchev–Trinajstić information content (AvgIpc) is 2.78. The van der Waals surface area contributed by atoms with Crippen molar-refractivity contribution in [3.63, 3.8) is 0 Å². The Kier molecular flexibility index (Phi) is 4.62. The molecule has 3 rings (SSSR count). The predicted molar refractivity (Wildman–Crippen MR) is 96.7 cm³/mol. The van der Waals surface area contributed by atoms with Crippen LogP contribution >= 0.6 is 0 Å². The van der Waals surface area contributed by atoms with E-state index in [-0.39, 0.29) is 23.2 Å². The maximum atomic E-state index is 13.7. The molecule has 5 heteroatoms. The molecule has 0 radical (unpaired) electrons. The minimum Gasteiger partial charge on any atom is -0.468 e. The zero-order valence-electron chi connectivity index (χ0n) is 14.9. The normalized spacial score (nSPS) is 29.2. The first-order chi connectivity index (χ1) is 11.9. The molecule has 0 saturated carbocycles. The smallest absolute Gasteiger partial charge is 0.328 e. The highest BCUT2D eigenvalue weighted by Crippen LogP contribution is 2.53. The van der Waals surface area contributed by atoms with E-state index >= 15 is 0 Å². The van der Waals surface area contributed by atoms with E-state index in [1.54, 1.807) is 30.3 Å². The summed E-state index contributed by atoms with van der Waals surface area (Å²) in [6, 6.07) is 8.26. The minimum absolute atomic E-state index is 0.0695. The van der Waals surface area contributed by atoms with E-state index in [0.29, 0.717) is 0 Å². The molecular formula is C20H24O4S. The van der Waals surface area contributed by atoms with Gasteiger partial charge >= 0.3 is 5.97 Å². The molecule has 2 aliphatic carbocycles. The summed E-state index contributed by atoms with van der Waals surface area (Å²) in [7, 11) is -2.64. The number of hydrogen-bond donors (Lipinski definition) is 0. The van der Waals surface area contributed by atoms with Crippen molar-refractivity contribution in [2.75, 3.05) is 7.11 Å². The van der Waals surface area contributed by atoms with Crippen molar-refractivity contribution >= 4 is 15.8 Å². The van der Waals surface area contributed by atoms with Crippen LogP contribution in [0, 0.1) is 11.8 Å². The maximum Gasteiger partial charge on any atom is 0.328 e. The van der Waals surface area contributed by atoms with Crippen LogP contribution in [0.1, 0.15) is 33.1 Å². The van der Waals surface area contributed by atoms with Crippen LogP contribution in [0.5, 0.6) is 0 Å². The van der Waals surface area contributed by atoms with Gasteiger partial charge in [0.15, 0.2) is 14.6 Å². The molecule has 25 heavy (non-hydrogen) atoms. The quantitative estimate of drug-likeness (QED) is 0.771. The van der Waals surface area contributed by atoms with Crippen LogP contribution in [0.15, 0.2) is 58.5 Å². The number of methoxy groups -OCH3 is 1. The Labute approximate surface area is 149 Å². The second-order valence-corrected chi connectivity index (χ2v) is 9.25. The van der Waals surface area contributed by atoms with Crippen LogP contribution in [0.3, 0.4) is 0 Å². The van der Waals surface area contributed by atoms with Crippen LogP contribution in [0.4, 0.5) is 0 Å². The predicted octanol–water partition coefficient (Wildman–Crippen LogP) is 3.69. The molecule has 0 fully saturated rings. The lowest BCUT2D eigenvalue weighted by Gasteiger charge is -2.36. The molecule has 0 saturated heterocycles. The Hall–Kier alpha value is -1.88. The lowest BCUT2D eigenvalue weighted by atomic mass is 9.79. The summed E-state index contributed by atoms with van der Waals surface area (Å²) in [5, 5.41) is 0. The van der Waals surface area contributed by atoms with Crippen molar-refractivity contribution < 1.29 is 17.9 Å². The number of rotatable bonds is 3. The number of benzene rings is 1. The molecule has 4 nitrogen and oxygen atoms in total. The molecular weight excluding hydrogens is 336 g/mol. The Bertz CT molecular complexity index is 836. The molecule has 0 spiro atoms. The molecule has 0 bridgehead atoms. The van der Waals surface area contributed by atoms with Crippen LogP contribution in [0.25, 0.3) is 0 Å². The standard InChI is InChI=1S/C20H24O4S/c1-14-9-7-8-12-17-15(2)13-20(18(14)17,19(21)24-3)25(22,23)16-10-5-4-6-11-16/h4-6,8,10-12,14,18H,7,9,13H2,1-3H3/t14-,18+,20+/m0/s1. The molecule has 0 N–H and O–H groups in total. The van der Waals surface area contributed by atoms with E-state index in [9.17, 15) is 13.2 Å². The lowest BCUT2D eigenvalue weighted by Crippen LogP contribution is -2.53. The van der Waals surface area contributed by atoms with Crippen molar-refractivity contribution in [2.45, 2.75) is 42.8 Å². The number of sulfone groups is 1. The number of esters is 1. The number of carbonyl (C=O) groups is 1. The van der Waals surface area contributed by atoms with Crippen LogP contribution in [-0.2, 0) is 19.4 Å². The fraction of sp³-hybridized carbons (Fsp3) is 0.450. The van der Waals surface area contributed by atoms with Gasteiger partial charge in [0, 0.05) is 5.92 Å². The first-order valence-electron chi connectivity index (χ1n) is 8.60. The van der Waals surface area contributed by atoms with Crippen molar-refractivity contribution in [1.82, 2.24) is 0 Å². The van der Waals surface area contributed by atoms with Crippen molar-refractivity contribution in [1.29, 1.82) is 0 Å². The molecule has 1 aromatic rings. The van der Waals surface area contributed by atoms with Crippen LogP contribution in [0.2, 0.25) is 0 Å². The van der Waals surface area contributed by atoms with Crippen LogP contribution < -0.4 is 0 Å². The van der Waals surface area contributed by atoms with Gasteiger partial charge < -0.3 is 4.74 Å². The van der Waals surface area contributed by atoms with Gasteiger partial charge in [-0.15, -0.1) is 0 Å². The fourth-order valence-electron chi connectivity index (χ4n) is 4.42. The molecule has 0 amide bonds. The van der Waals surface area contributed by atoms with Gasteiger partial charge in [-0.05, 0) is 49.8 Å². The largest absolute Gasteiger partial charge is 0.468 e. The molecule has 134 valence electrons. The Morgan fingerprint density at radius 3 is 2.56 bits per heavy atom. The zero-order chi connectivity index (χ0) is 18.2. The second-order valence-electron chi connectivity index (χ2n) is 7.04. The summed E-state index contributed by atoms with van der Waals surface area (Å²) in [6.07, 6.45) is 6.01. The van der Waals surface area contributed by atoms with E-state index in [4.69, 9.17) is 4.74 Å². The van der Waals surface area contributed by atoms with Gasteiger partial charge in [0.05, 0.1) is 12.0 Å². The van der Waals surface area contributed by atoms with Gasteiger partial charge in [-0.25, -0.2) is 8.42 Å². The molecule has 0 aromatic heterocycles. The van der Waals surface area contributed by atoms with E-state index in [1.807, 2.05) is 19.9 Å². The SMILES string of the molecule is COC(=O)[C@@]1(S(=O)(=O)c2ccccc2)CC(C)=C2C=CCC[C@H](C)[C@H]21. The summed E-state index contributed by atoms with van der Waals surface area (Å²) in [6.45, 7) is 3.96. The summed E-state index contributed by atoms with van der Waals surface area (Å²) in [5.74, 6) is -0.971. The third-order valence-corrected chi connectivity index (χ3v) is 7.99. The van der Waals surface area contributed by atoms with E-state index < -0.39 is 20.6 Å². The van der Waals surface area contributed by atoms with Gasteiger partial charge in [-0.3, -0.25) is 4.79 Å². The molecule has 1 aromatic carbocycles. The highest BCUT2D eigenvalue weighted by molar-refractivity contribution is 7.93. The van der Waals surface area contributed by atoms with Gasteiger partial charge in [-0.2, -0.15) is 0 Å². The zero-order valence-corrected chi connectivity index (χ0v) is 15.7. The lowest BCUT2D eigenvalue weighted by molar-refractivity contribution is -0.145. The molecule has 0 heterocycles. The van der Waals surface area contributed by atoms with Crippen LogP contribution in [-0.4, -0.2) is 26.2 Å².